The van der Waals surface area contributed by atoms with E-state index in [0.29, 0.717) is 0 Å². The number of aromatic amines is 2. The quantitative estimate of drug-likeness (QED) is 0.435. The molecule has 1 heterocycles. The zero-order chi connectivity index (χ0) is 16.3. The zero-order valence-corrected chi connectivity index (χ0v) is 11.1. The van der Waals surface area contributed by atoms with Gasteiger partial charge in [-0.25, -0.2) is 4.79 Å². The minimum absolute atomic E-state index is 0.0262. The molecule has 0 aliphatic rings. The summed E-state index contributed by atoms with van der Waals surface area (Å²) in [4.78, 5) is 36.3. The number of azo groups is 1. The number of nitrogens with zero attached hydrogens (tertiary/aromatic N) is 3. The molecule has 0 spiro atoms. The van der Waals surface area contributed by atoms with Gasteiger partial charge in [0, 0.05) is 12.1 Å². The molecule has 1 aromatic carbocycles. The molecule has 0 unspecified atom stereocenters. The van der Waals surface area contributed by atoms with Crippen molar-refractivity contribution in [1.29, 1.82) is 0 Å². The molecule has 22 heavy (non-hydrogen) atoms. The summed E-state index contributed by atoms with van der Waals surface area (Å²) in [5, 5.41) is 27.3. The van der Waals surface area contributed by atoms with Crippen LogP contribution in [0.3, 0.4) is 0 Å². The zero-order valence-electron chi connectivity index (χ0n) is 11.1. The molecule has 0 saturated carbocycles. The van der Waals surface area contributed by atoms with Gasteiger partial charge in [0.2, 0.25) is 11.6 Å². The van der Waals surface area contributed by atoms with Gasteiger partial charge in [0.15, 0.2) is 0 Å². The highest BCUT2D eigenvalue weighted by molar-refractivity contribution is 5.57. The van der Waals surface area contributed by atoms with E-state index < -0.39 is 27.7 Å². The molecule has 0 saturated heterocycles. The number of nitrogens with one attached hydrogen (secondary N) is 2. The summed E-state index contributed by atoms with van der Waals surface area (Å²) in [5.74, 6) is -0.600. The van der Waals surface area contributed by atoms with Gasteiger partial charge < -0.3 is 9.84 Å². The number of non-ortho nitro benzene ring substituents is 1. The average molecular weight is 307 g/mol. The van der Waals surface area contributed by atoms with Crippen LogP contribution in [0.25, 0.3) is 0 Å². The third-order valence-electron chi connectivity index (χ3n) is 2.53. The Kier molecular flexibility index (Phi) is 3.97. The van der Waals surface area contributed by atoms with Crippen molar-refractivity contribution in [3.05, 3.63) is 49.2 Å². The van der Waals surface area contributed by atoms with Crippen molar-refractivity contribution >= 4 is 17.1 Å². The first-order valence-electron chi connectivity index (χ1n) is 5.72. The Morgan fingerprint density at radius 1 is 1.27 bits per heavy atom. The minimum Gasteiger partial charge on any atom is -0.494 e. The van der Waals surface area contributed by atoms with Crippen molar-refractivity contribution in [2.24, 2.45) is 10.2 Å². The largest absolute Gasteiger partial charge is 0.494 e. The lowest BCUT2D eigenvalue weighted by Crippen LogP contribution is -2.20. The number of hydrogen-bond acceptors (Lipinski definition) is 8. The van der Waals surface area contributed by atoms with E-state index in [1.807, 2.05) is 9.97 Å². The van der Waals surface area contributed by atoms with Crippen LogP contribution in [-0.4, -0.2) is 27.1 Å². The van der Waals surface area contributed by atoms with E-state index in [1.54, 1.807) is 0 Å². The Morgan fingerprint density at radius 2 is 2.00 bits per heavy atom. The molecule has 0 amide bonds. The lowest BCUT2D eigenvalue weighted by molar-refractivity contribution is -0.384. The van der Waals surface area contributed by atoms with Crippen LogP contribution in [0.2, 0.25) is 0 Å². The number of nitro benzene ring substituents is 1. The van der Waals surface area contributed by atoms with Gasteiger partial charge in [-0.3, -0.25) is 24.9 Å². The van der Waals surface area contributed by atoms with Crippen LogP contribution in [0.1, 0.15) is 0 Å². The molecule has 0 radical (unpaired) electrons. The van der Waals surface area contributed by atoms with Gasteiger partial charge in [-0.2, -0.15) is 0 Å². The Hall–Kier alpha value is -3.50. The summed E-state index contributed by atoms with van der Waals surface area (Å²) >= 11 is 0. The highest BCUT2D eigenvalue weighted by Crippen LogP contribution is 2.32. The second-order valence-corrected chi connectivity index (χ2v) is 3.92. The first-order chi connectivity index (χ1) is 10.4. The Morgan fingerprint density at radius 3 is 2.59 bits per heavy atom. The minimum atomic E-state index is -0.964. The third kappa shape index (κ3) is 2.98. The van der Waals surface area contributed by atoms with Crippen LogP contribution in [-0.2, 0) is 0 Å². The van der Waals surface area contributed by atoms with E-state index >= 15 is 0 Å². The lowest BCUT2D eigenvalue weighted by atomic mass is 10.2. The number of H-pyrrole nitrogens is 2. The van der Waals surface area contributed by atoms with Gasteiger partial charge in [0.05, 0.1) is 12.0 Å². The van der Waals surface area contributed by atoms with Gasteiger partial charge in [-0.1, -0.05) is 0 Å². The molecule has 0 atom stereocenters. The fourth-order valence-electron chi connectivity index (χ4n) is 1.53. The molecule has 114 valence electrons. The van der Waals surface area contributed by atoms with Gasteiger partial charge in [-0.05, 0) is 6.07 Å². The van der Waals surface area contributed by atoms with Crippen molar-refractivity contribution in [2.45, 2.75) is 0 Å². The van der Waals surface area contributed by atoms with E-state index in [4.69, 9.17) is 4.74 Å². The molecule has 0 aliphatic carbocycles. The number of aromatic hydroxyl groups is 1. The molecular weight excluding hydrogens is 298 g/mol. The van der Waals surface area contributed by atoms with Crippen molar-refractivity contribution in [1.82, 2.24) is 9.97 Å². The number of benzene rings is 1. The molecule has 1 aromatic heterocycles. The molecule has 2 rings (SSSR count). The second kappa shape index (κ2) is 5.87. The SMILES string of the molecule is COc1ccc([N+](=O)[O-])cc1N=Nc1c(O)[nH]c(=O)[nH]c1=O. The van der Waals surface area contributed by atoms with Gasteiger partial charge >= 0.3 is 5.69 Å². The first-order valence-corrected chi connectivity index (χ1v) is 5.72. The van der Waals surface area contributed by atoms with Crippen molar-refractivity contribution < 1.29 is 14.8 Å². The number of rotatable bonds is 4. The monoisotopic (exact) mass is 307 g/mol. The van der Waals surface area contributed by atoms with Gasteiger partial charge in [-0.15, -0.1) is 10.2 Å². The number of ether oxygens (including phenoxy) is 1. The summed E-state index contributed by atoms with van der Waals surface area (Å²) in [7, 11) is 1.32. The average Bonchev–Trinajstić information content (AvgIpc) is 2.45. The van der Waals surface area contributed by atoms with Crippen molar-refractivity contribution in [3.8, 4) is 11.6 Å². The Bertz CT molecular complexity index is 868. The van der Waals surface area contributed by atoms with Crippen LogP contribution in [0.4, 0.5) is 17.1 Å². The van der Waals surface area contributed by atoms with Crippen LogP contribution in [0.15, 0.2) is 38.0 Å². The molecular formula is C11H9N5O6. The lowest BCUT2D eigenvalue weighted by Gasteiger charge is -2.02. The highest BCUT2D eigenvalue weighted by atomic mass is 16.6. The molecule has 3 N–H and O–H groups in total. The summed E-state index contributed by atoms with van der Waals surface area (Å²) in [6.45, 7) is 0. The summed E-state index contributed by atoms with van der Waals surface area (Å²) in [6, 6.07) is 3.60. The van der Waals surface area contributed by atoms with Gasteiger partial charge in [0.1, 0.15) is 11.4 Å². The summed E-state index contributed by atoms with van der Waals surface area (Å²) in [5.41, 5.74) is -2.70. The highest BCUT2D eigenvalue weighted by Gasteiger charge is 2.12. The van der Waals surface area contributed by atoms with Crippen LogP contribution in [0, 0.1) is 10.1 Å². The standard InChI is InChI=1S/C11H9N5O6/c1-22-7-3-2-5(16(20)21)4-6(7)14-15-8-9(17)12-11(19)13-10(8)18/h2-4H,1H3,(H3,12,13,17,18,19). The number of nitro groups is 1. The smallest absolute Gasteiger partial charge is 0.328 e. The fraction of sp³-hybridized carbons (Fsp3) is 0.0909. The molecule has 11 heteroatoms. The van der Waals surface area contributed by atoms with E-state index in [1.165, 1.54) is 19.2 Å². The number of aromatic nitrogens is 2. The number of hydrogen-bond donors (Lipinski definition) is 3. The van der Waals surface area contributed by atoms with Crippen molar-refractivity contribution in [2.75, 3.05) is 7.11 Å². The maximum Gasteiger partial charge on any atom is 0.328 e. The van der Waals surface area contributed by atoms with Crippen LogP contribution >= 0.6 is 0 Å². The Labute approximate surface area is 121 Å². The maximum absolute atomic E-state index is 11.5. The number of methoxy groups -OCH3 is 1. The fourth-order valence-corrected chi connectivity index (χ4v) is 1.53. The summed E-state index contributed by atoms with van der Waals surface area (Å²) < 4.78 is 4.97. The van der Waals surface area contributed by atoms with E-state index in [2.05, 4.69) is 10.2 Å². The third-order valence-corrected chi connectivity index (χ3v) is 2.53. The second-order valence-electron chi connectivity index (χ2n) is 3.92. The molecule has 0 fully saturated rings. The Balaban J connectivity index is 2.50. The van der Waals surface area contributed by atoms with E-state index in [-0.39, 0.29) is 17.1 Å². The predicted octanol–water partition coefficient (Wildman–Crippen LogP) is 1.10. The summed E-state index contributed by atoms with van der Waals surface area (Å²) in [6.07, 6.45) is 0. The van der Waals surface area contributed by atoms with E-state index in [0.717, 1.165) is 6.07 Å². The normalized spacial score (nSPS) is 10.8. The topological polar surface area (TPSA) is 163 Å². The van der Waals surface area contributed by atoms with Gasteiger partial charge in [0.25, 0.3) is 11.2 Å². The first kappa shape index (κ1) is 14.9. The predicted molar refractivity (Wildman–Crippen MR) is 73.2 cm³/mol. The maximum atomic E-state index is 11.5. The van der Waals surface area contributed by atoms with Crippen LogP contribution in [0.5, 0.6) is 11.6 Å². The van der Waals surface area contributed by atoms with Crippen LogP contribution < -0.4 is 16.0 Å². The molecule has 0 aliphatic heterocycles. The van der Waals surface area contributed by atoms with E-state index in [9.17, 15) is 24.8 Å². The molecule has 2 aromatic rings. The molecule has 0 bridgehead atoms. The molecule has 11 nitrogen and oxygen atoms in total. The van der Waals surface area contributed by atoms with Crippen molar-refractivity contribution in [3.63, 3.8) is 0 Å².